The monoisotopic (exact) mass is 407 g/mol. The second-order valence-corrected chi connectivity index (χ2v) is 5.75. The summed E-state index contributed by atoms with van der Waals surface area (Å²) in [7, 11) is 0. The van der Waals surface area contributed by atoms with Gasteiger partial charge in [0.15, 0.2) is 11.6 Å². The van der Waals surface area contributed by atoms with Crippen molar-refractivity contribution in [1.82, 2.24) is 0 Å². The van der Waals surface area contributed by atoms with E-state index in [4.69, 9.17) is 11.6 Å². The Morgan fingerprint density at radius 3 is 2.55 bits per heavy atom. The Morgan fingerprint density at radius 2 is 1.90 bits per heavy atom. The number of benzene rings is 2. The van der Waals surface area contributed by atoms with Gasteiger partial charge >= 0.3 is 0 Å². The molecule has 0 saturated heterocycles. The van der Waals surface area contributed by atoms with Crippen LogP contribution >= 0.6 is 34.2 Å². The number of hydrogen-bond acceptors (Lipinski definition) is 1. The van der Waals surface area contributed by atoms with Crippen molar-refractivity contribution in [1.29, 1.82) is 0 Å². The van der Waals surface area contributed by atoms with E-state index < -0.39 is 11.6 Å². The van der Waals surface area contributed by atoms with Crippen molar-refractivity contribution in [2.24, 2.45) is 0 Å². The molecule has 2 aromatic carbocycles. The highest BCUT2D eigenvalue weighted by molar-refractivity contribution is 14.1. The number of carbonyl (C=O) groups excluding carboxylic acids is 1. The molecule has 0 aliphatic rings. The van der Waals surface area contributed by atoms with Gasteiger partial charge < -0.3 is 5.32 Å². The Balaban J connectivity index is 2.07. The number of anilines is 1. The van der Waals surface area contributed by atoms with E-state index in [1.807, 2.05) is 0 Å². The Bertz CT molecular complexity index is 664. The van der Waals surface area contributed by atoms with Crippen LogP contribution in [0.2, 0.25) is 5.02 Å². The van der Waals surface area contributed by atoms with Crippen molar-refractivity contribution in [2.45, 2.75) is 6.42 Å². The molecule has 0 fully saturated rings. The minimum atomic E-state index is -0.970. The van der Waals surface area contributed by atoms with Gasteiger partial charge in [0.25, 0.3) is 0 Å². The van der Waals surface area contributed by atoms with Gasteiger partial charge in [-0.1, -0.05) is 17.7 Å². The van der Waals surface area contributed by atoms with Crippen LogP contribution in [0.1, 0.15) is 5.56 Å². The van der Waals surface area contributed by atoms with Gasteiger partial charge in [0.1, 0.15) is 0 Å². The highest BCUT2D eigenvalue weighted by atomic mass is 127. The van der Waals surface area contributed by atoms with Gasteiger partial charge in [0, 0.05) is 3.57 Å². The maximum Gasteiger partial charge on any atom is 0.228 e. The van der Waals surface area contributed by atoms with Gasteiger partial charge in [-0.05, 0) is 58.5 Å². The largest absolute Gasteiger partial charge is 0.324 e. The Labute approximate surface area is 133 Å². The molecule has 20 heavy (non-hydrogen) atoms. The predicted molar refractivity (Wildman–Crippen MR) is 82.9 cm³/mol. The number of nitrogens with one attached hydrogen (secondary N) is 1. The van der Waals surface area contributed by atoms with Crippen molar-refractivity contribution < 1.29 is 13.6 Å². The smallest absolute Gasteiger partial charge is 0.228 e. The summed E-state index contributed by atoms with van der Waals surface area (Å²) >= 11 is 8.10. The van der Waals surface area contributed by atoms with E-state index in [-0.39, 0.29) is 12.3 Å². The van der Waals surface area contributed by atoms with Crippen molar-refractivity contribution in [2.75, 3.05) is 5.32 Å². The Hall–Kier alpha value is -1.21. The number of rotatable bonds is 3. The van der Waals surface area contributed by atoms with Crippen LogP contribution in [0, 0.1) is 15.2 Å². The fourth-order valence-corrected chi connectivity index (χ4v) is 2.52. The van der Waals surface area contributed by atoms with Crippen LogP contribution in [0.4, 0.5) is 14.5 Å². The third-order valence-electron chi connectivity index (χ3n) is 2.55. The zero-order valence-electron chi connectivity index (χ0n) is 10.1. The normalized spacial score (nSPS) is 10.4. The highest BCUT2D eigenvalue weighted by Gasteiger charge is 2.09. The molecule has 0 atom stereocenters. The molecule has 0 aliphatic carbocycles. The van der Waals surface area contributed by atoms with Gasteiger partial charge in [0.2, 0.25) is 5.91 Å². The molecule has 2 rings (SSSR count). The van der Waals surface area contributed by atoms with Crippen LogP contribution in [0.3, 0.4) is 0 Å². The zero-order chi connectivity index (χ0) is 14.7. The van der Waals surface area contributed by atoms with Crippen LogP contribution in [0.15, 0.2) is 36.4 Å². The number of amides is 1. The maximum atomic E-state index is 13.0. The molecule has 0 radical (unpaired) electrons. The molecule has 0 aromatic heterocycles. The van der Waals surface area contributed by atoms with Crippen LogP contribution in [0.5, 0.6) is 0 Å². The quantitative estimate of drug-likeness (QED) is 0.751. The molecule has 0 bridgehead atoms. The molecular formula is C14H9ClF2INO. The summed E-state index contributed by atoms with van der Waals surface area (Å²) in [4.78, 5) is 11.8. The maximum absolute atomic E-state index is 13.0. The molecule has 6 heteroatoms. The second kappa shape index (κ2) is 6.49. The van der Waals surface area contributed by atoms with E-state index in [1.54, 1.807) is 18.2 Å². The minimum absolute atomic E-state index is 0.0560. The summed E-state index contributed by atoms with van der Waals surface area (Å²) in [5.41, 5.74) is 0.878. The fraction of sp³-hybridized carbons (Fsp3) is 0.0714. The Kier molecular flexibility index (Phi) is 4.93. The molecule has 0 heterocycles. The third kappa shape index (κ3) is 3.89. The number of halogens is 4. The topological polar surface area (TPSA) is 29.1 Å². The molecule has 0 aliphatic heterocycles. The number of hydrogen-bond donors (Lipinski definition) is 1. The van der Waals surface area contributed by atoms with E-state index in [2.05, 4.69) is 27.9 Å². The second-order valence-electron chi connectivity index (χ2n) is 4.10. The molecular weight excluding hydrogens is 399 g/mol. The van der Waals surface area contributed by atoms with E-state index >= 15 is 0 Å². The summed E-state index contributed by atoms with van der Waals surface area (Å²) in [6.45, 7) is 0. The lowest BCUT2D eigenvalue weighted by molar-refractivity contribution is -0.115. The summed E-state index contributed by atoms with van der Waals surface area (Å²) in [6, 6.07) is 8.58. The average Bonchev–Trinajstić information content (AvgIpc) is 2.37. The van der Waals surface area contributed by atoms with Gasteiger partial charge in [-0.3, -0.25) is 4.79 Å². The molecule has 0 saturated carbocycles. The van der Waals surface area contributed by atoms with E-state index in [0.717, 1.165) is 15.7 Å². The van der Waals surface area contributed by atoms with Crippen molar-refractivity contribution >= 4 is 45.8 Å². The van der Waals surface area contributed by atoms with Gasteiger partial charge in [-0.25, -0.2) is 8.78 Å². The first kappa shape index (κ1) is 15.2. The first-order valence-electron chi connectivity index (χ1n) is 5.64. The lowest BCUT2D eigenvalue weighted by Crippen LogP contribution is -2.15. The van der Waals surface area contributed by atoms with Crippen molar-refractivity contribution in [3.8, 4) is 0 Å². The van der Waals surface area contributed by atoms with Crippen LogP contribution in [-0.4, -0.2) is 5.91 Å². The van der Waals surface area contributed by atoms with Gasteiger partial charge in [0.05, 0.1) is 17.1 Å². The standard InChI is InChI=1S/C14H9ClF2INO/c15-10-7-9(18)2-4-13(10)19-14(20)6-8-1-3-11(16)12(17)5-8/h1-5,7H,6H2,(H,19,20). The summed E-state index contributed by atoms with van der Waals surface area (Å²) in [6.07, 6.45) is -0.0560. The third-order valence-corrected chi connectivity index (χ3v) is 3.54. The summed E-state index contributed by atoms with van der Waals surface area (Å²) in [5.74, 6) is -2.25. The molecule has 0 unspecified atom stereocenters. The predicted octanol–water partition coefficient (Wildman–Crippen LogP) is 4.40. The first-order chi connectivity index (χ1) is 9.45. The van der Waals surface area contributed by atoms with Gasteiger partial charge in [-0.15, -0.1) is 0 Å². The SMILES string of the molecule is O=C(Cc1ccc(F)c(F)c1)Nc1ccc(I)cc1Cl. The van der Waals surface area contributed by atoms with E-state index in [0.29, 0.717) is 16.3 Å². The van der Waals surface area contributed by atoms with Crippen molar-refractivity contribution in [3.05, 3.63) is 62.2 Å². The molecule has 104 valence electrons. The lowest BCUT2D eigenvalue weighted by atomic mass is 10.1. The lowest BCUT2D eigenvalue weighted by Gasteiger charge is -2.08. The average molecular weight is 408 g/mol. The van der Waals surface area contributed by atoms with Crippen LogP contribution in [-0.2, 0) is 11.2 Å². The van der Waals surface area contributed by atoms with Crippen LogP contribution < -0.4 is 5.32 Å². The highest BCUT2D eigenvalue weighted by Crippen LogP contribution is 2.24. The minimum Gasteiger partial charge on any atom is -0.324 e. The Morgan fingerprint density at radius 1 is 1.15 bits per heavy atom. The molecule has 2 nitrogen and oxygen atoms in total. The fourth-order valence-electron chi connectivity index (χ4n) is 1.62. The summed E-state index contributed by atoms with van der Waals surface area (Å²) < 4.78 is 26.8. The van der Waals surface area contributed by atoms with E-state index in [1.165, 1.54) is 6.07 Å². The van der Waals surface area contributed by atoms with Gasteiger partial charge in [-0.2, -0.15) is 0 Å². The van der Waals surface area contributed by atoms with Crippen molar-refractivity contribution in [3.63, 3.8) is 0 Å². The molecule has 1 N–H and O–H groups in total. The molecule has 2 aromatic rings. The zero-order valence-corrected chi connectivity index (χ0v) is 13.0. The molecule has 1 amide bonds. The summed E-state index contributed by atoms with van der Waals surface area (Å²) in [5, 5.41) is 3.06. The first-order valence-corrected chi connectivity index (χ1v) is 7.10. The van der Waals surface area contributed by atoms with Crippen LogP contribution in [0.25, 0.3) is 0 Å². The molecule has 0 spiro atoms. The van der Waals surface area contributed by atoms with E-state index in [9.17, 15) is 13.6 Å². The number of carbonyl (C=O) groups is 1.